The van der Waals surface area contributed by atoms with Crippen LogP contribution >= 0.6 is 0 Å². The zero-order valence-corrected chi connectivity index (χ0v) is 15.9. The summed E-state index contributed by atoms with van der Waals surface area (Å²) in [6.07, 6.45) is 2.00. The van der Waals surface area contributed by atoms with E-state index < -0.39 is 0 Å². The van der Waals surface area contributed by atoms with Crippen LogP contribution in [0.4, 0.5) is 11.4 Å². The van der Waals surface area contributed by atoms with Gasteiger partial charge in [0.2, 0.25) is 5.91 Å². The number of benzene rings is 2. The molecule has 0 spiro atoms. The van der Waals surface area contributed by atoms with Gasteiger partial charge in [0.05, 0.1) is 13.2 Å². The van der Waals surface area contributed by atoms with E-state index in [1.165, 1.54) is 0 Å². The Balaban J connectivity index is 1.81. The minimum atomic E-state index is -0.169. The van der Waals surface area contributed by atoms with Crippen molar-refractivity contribution in [3.05, 3.63) is 54.1 Å². The normalized spacial score (nSPS) is 10.1. The van der Waals surface area contributed by atoms with Crippen LogP contribution in [0.5, 0.6) is 5.75 Å². The lowest BCUT2D eigenvalue weighted by Crippen LogP contribution is -2.24. The summed E-state index contributed by atoms with van der Waals surface area (Å²) in [5, 5.41) is 8.74. The molecule has 2 aromatic carbocycles. The van der Waals surface area contributed by atoms with Crippen LogP contribution in [0, 0.1) is 0 Å². The first-order chi connectivity index (χ1) is 13.1. The second-order valence-electron chi connectivity index (χ2n) is 6.05. The van der Waals surface area contributed by atoms with Gasteiger partial charge < -0.3 is 20.7 Å². The summed E-state index contributed by atoms with van der Waals surface area (Å²) < 4.78 is 5.44. The maximum Gasteiger partial charge on any atom is 0.251 e. The van der Waals surface area contributed by atoms with Crippen LogP contribution in [0.3, 0.4) is 0 Å². The van der Waals surface area contributed by atoms with Crippen LogP contribution in [0.25, 0.3) is 0 Å². The Morgan fingerprint density at radius 2 is 1.78 bits per heavy atom. The highest BCUT2D eigenvalue weighted by molar-refractivity contribution is 5.96. The van der Waals surface area contributed by atoms with Crippen LogP contribution in [0.2, 0.25) is 0 Å². The molecule has 6 nitrogen and oxygen atoms in total. The van der Waals surface area contributed by atoms with Crippen molar-refractivity contribution in [3.63, 3.8) is 0 Å². The Labute approximate surface area is 160 Å². The number of hydrogen-bond acceptors (Lipinski definition) is 4. The van der Waals surface area contributed by atoms with Crippen molar-refractivity contribution in [1.29, 1.82) is 0 Å². The zero-order valence-electron chi connectivity index (χ0n) is 15.9. The predicted octanol–water partition coefficient (Wildman–Crippen LogP) is 3.67. The standard InChI is InChI=1S/C21H27N3O3/c1-3-5-13-22-21(26)16-9-11-17(12-10-16)24-20(25)15-23-18-7-6-8-19(14-18)27-4-2/h6-12,14,23H,3-5,13,15H2,1-2H3,(H,22,26)(H,24,25). The van der Waals surface area contributed by atoms with Crippen LogP contribution in [0.15, 0.2) is 48.5 Å². The third kappa shape index (κ3) is 7.01. The summed E-state index contributed by atoms with van der Waals surface area (Å²) in [5.74, 6) is 0.491. The summed E-state index contributed by atoms with van der Waals surface area (Å²) in [6.45, 7) is 5.40. The Hall–Kier alpha value is -3.02. The molecule has 2 rings (SSSR count). The summed E-state index contributed by atoms with van der Waals surface area (Å²) in [5.41, 5.74) is 2.04. The third-order valence-corrected chi connectivity index (χ3v) is 3.84. The molecular weight excluding hydrogens is 342 g/mol. The monoisotopic (exact) mass is 369 g/mol. The molecule has 0 saturated heterocycles. The first kappa shape index (κ1) is 20.3. The van der Waals surface area contributed by atoms with Crippen molar-refractivity contribution in [2.45, 2.75) is 26.7 Å². The van der Waals surface area contributed by atoms with Crippen molar-refractivity contribution in [1.82, 2.24) is 5.32 Å². The molecule has 2 amide bonds. The van der Waals surface area contributed by atoms with Crippen molar-refractivity contribution >= 4 is 23.2 Å². The molecule has 2 aromatic rings. The molecule has 27 heavy (non-hydrogen) atoms. The van der Waals surface area contributed by atoms with Gasteiger partial charge in [0.1, 0.15) is 5.75 Å². The van der Waals surface area contributed by atoms with Gasteiger partial charge in [-0.25, -0.2) is 0 Å². The molecule has 0 fully saturated rings. The molecule has 6 heteroatoms. The third-order valence-electron chi connectivity index (χ3n) is 3.84. The Morgan fingerprint density at radius 1 is 1.00 bits per heavy atom. The van der Waals surface area contributed by atoms with E-state index in [2.05, 4.69) is 22.9 Å². The lowest BCUT2D eigenvalue weighted by atomic mass is 10.2. The SMILES string of the molecule is CCCCNC(=O)c1ccc(NC(=O)CNc2cccc(OCC)c2)cc1. The predicted molar refractivity (Wildman–Crippen MR) is 108 cm³/mol. The number of ether oxygens (including phenoxy) is 1. The second-order valence-corrected chi connectivity index (χ2v) is 6.05. The molecule has 0 aliphatic carbocycles. The molecule has 144 valence electrons. The highest BCUT2D eigenvalue weighted by Gasteiger charge is 2.06. The molecular formula is C21H27N3O3. The number of nitrogens with one attached hydrogen (secondary N) is 3. The van der Waals surface area contributed by atoms with Gasteiger partial charge in [-0.05, 0) is 49.7 Å². The van der Waals surface area contributed by atoms with Gasteiger partial charge in [0.25, 0.3) is 5.91 Å². The molecule has 0 radical (unpaired) electrons. The van der Waals surface area contributed by atoms with E-state index in [0.717, 1.165) is 24.3 Å². The highest BCUT2D eigenvalue weighted by Crippen LogP contribution is 2.17. The van der Waals surface area contributed by atoms with Crippen molar-refractivity contribution in [2.75, 3.05) is 30.3 Å². The molecule has 3 N–H and O–H groups in total. The van der Waals surface area contributed by atoms with E-state index in [-0.39, 0.29) is 18.4 Å². The molecule has 0 aromatic heterocycles. The summed E-state index contributed by atoms with van der Waals surface area (Å²) >= 11 is 0. The van der Waals surface area contributed by atoms with E-state index in [1.54, 1.807) is 24.3 Å². The van der Waals surface area contributed by atoms with E-state index in [9.17, 15) is 9.59 Å². The quantitative estimate of drug-likeness (QED) is 0.558. The lowest BCUT2D eigenvalue weighted by molar-refractivity contribution is -0.114. The van der Waals surface area contributed by atoms with Crippen molar-refractivity contribution < 1.29 is 14.3 Å². The van der Waals surface area contributed by atoms with Gasteiger partial charge in [-0.1, -0.05) is 19.4 Å². The number of unbranched alkanes of at least 4 members (excludes halogenated alkanes) is 1. The molecule has 0 aliphatic rings. The largest absolute Gasteiger partial charge is 0.494 e. The Kier molecular flexibility index (Phi) is 8.16. The molecule has 0 unspecified atom stereocenters. The number of carbonyl (C=O) groups is 2. The lowest BCUT2D eigenvalue weighted by Gasteiger charge is -2.10. The van der Waals surface area contributed by atoms with Crippen LogP contribution in [0.1, 0.15) is 37.0 Å². The molecule has 0 aliphatic heterocycles. The summed E-state index contributed by atoms with van der Waals surface area (Å²) in [4.78, 5) is 24.1. The molecule has 0 atom stereocenters. The van der Waals surface area contributed by atoms with Gasteiger partial charge in [-0.2, -0.15) is 0 Å². The first-order valence-electron chi connectivity index (χ1n) is 9.27. The average molecular weight is 369 g/mol. The van der Waals surface area contributed by atoms with Crippen LogP contribution < -0.4 is 20.7 Å². The Bertz CT molecular complexity index is 745. The summed E-state index contributed by atoms with van der Waals surface area (Å²) in [6, 6.07) is 14.3. The number of amides is 2. The van der Waals surface area contributed by atoms with Gasteiger partial charge >= 0.3 is 0 Å². The van der Waals surface area contributed by atoms with Gasteiger partial charge in [-0.15, -0.1) is 0 Å². The number of rotatable bonds is 10. The fourth-order valence-electron chi connectivity index (χ4n) is 2.44. The minimum Gasteiger partial charge on any atom is -0.494 e. The van der Waals surface area contributed by atoms with Crippen molar-refractivity contribution in [2.24, 2.45) is 0 Å². The minimum absolute atomic E-state index is 0.0998. The van der Waals surface area contributed by atoms with E-state index in [1.807, 2.05) is 31.2 Å². The summed E-state index contributed by atoms with van der Waals surface area (Å²) in [7, 11) is 0. The Morgan fingerprint density at radius 3 is 2.48 bits per heavy atom. The van der Waals surface area contributed by atoms with Gasteiger partial charge in [0.15, 0.2) is 0 Å². The number of carbonyl (C=O) groups excluding carboxylic acids is 2. The van der Waals surface area contributed by atoms with Gasteiger partial charge in [-0.3, -0.25) is 9.59 Å². The fraction of sp³-hybridized carbons (Fsp3) is 0.333. The van der Waals surface area contributed by atoms with Gasteiger partial charge in [0, 0.05) is 29.5 Å². The average Bonchev–Trinajstić information content (AvgIpc) is 2.68. The zero-order chi connectivity index (χ0) is 19.5. The molecule has 0 bridgehead atoms. The van der Waals surface area contributed by atoms with E-state index in [4.69, 9.17) is 4.74 Å². The van der Waals surface area contributed by atoms with E-state index in [0.29, 0.717) is 24.4 Å². The second kappa shape index (κ2) is 10.9. The van der Waals surface area contributed by atoms with Crippen LogP contribution in [-0.2, 0) is 4.79 Å². The maximum absolute atomic E-state index is 12.1. The van der Waals surface area contributed by atoms with Crippen molar-refractivity contribution in [3.8, 4) is 5.75 Å². The smallest absolute Gasteiger partial charge is 0.251 e. The fourth-order valence-corrected chi connectivity index (χ4v) is 2.44. The number of hydrogen-bond donors (Lipinski definition) is 3. The molecule has 0 saturated carbocycles. The number of anilines is 2. The van der Waals surface area contributed by atoms with E-state index >= 15 is 0 Å². The van der Waals surface area contributed by atoms with Crippen LogP contribution in [-0.4, -0.2) is 31.5 Å². The topological polar surface area (TPSA) is 79.5 Å². The first-order valence-corrected chi connectivity index (χ1v) is 9.27. The maximum atomic E-state index is 12.1. The molecule has 0 heterocycles. The highest BCUT2D eigenvalue weighted by atomic mass is 16.5.